The SMILES string of the molecule is C=CCn1c(=NC(=O)c2ccc(C#N)cc2)sc2cc(OC)ccc21. The molecule has 1 amide bonds. The Balaban J connectivity index is 2.10. The van der Waals surface area contributed by atoms with E-state index < -0.39 is 0 Å². The number of benzene rings is 2. The predicted octanol–water partition coefficient (Wildman–Crippen LogP) is 3.51. The molecule has 0 spiro atoms. The highest BCUT2D eigenvalue weighted by Gasteiger charge is 2.09. The predicted molar refractivity (Wildman–Crippen MR) is 97.6 cm³/mol. The van der Waals surface area contributed by atoms with E-state index in [0.29, 0.717) is 22.5 Å². The van der Waals surface area contributed by atoms with Crippen molar-refractivity contribution in [3.05, 3.63) is 71.0 Å². The van der Waals surface area contributed by atoms with Crippen molar-refractivity contribution in [3.8, 4) is 11.8 Å². The molecular formula is C19H15N3O2S. The van der Waals surface area contributed by atoms with Gasteiger partial charge in [0, 0.05) is 12.1 Å². The molecule has 0 aliphatic rings. The smallest absolute Gasteiger partial charge is 0.279 e. The van der Waals surface area contributed by atoms with E-state index in [4.69, 9.17) is 10.00 Å². The summed E-state index contributed by atoms with van der Waals surface area (Å²) in [7, 11) is 1.62. The molecular weight excluding hydrogens is 334 g/mol. The van der Waals surface area contributed by atoms with Gasteiger partial charge in [-0.1, -0.05) is 17.4 Å². The van der Waals surface area contributed by atoms with Crippen molar-refractivity contribution in [2.45, 2.75) is 6.54 Å². The third-order valence-corrected chi connectivity index (χ3v) is 4.70. The van der Waals surface area contributed by atoms with Crippen LogP contribution in [-0.2, 0) is 6.54 Å². The number of carbonyl (C=O) groups excluding carboxylic acids is 1. The van der Waals surface area contributed by atoms with Crippen LogP contribution >= 0.6 is 11.3 Å². The normalized spacial score (nSPS) is 11.3. The van der Waals surface area contributed by atoms with E-state index in [0.717, 1.165) is 16.0 Å². The van der Waals surface area contributed by atoms with Crippen LogP contribution in [0.15, 0.2) is 60.1 Å². The summed E-state index contributed by atoms with van der Waals surface area (Å²) >= 11 is 1.42. The van der Waals surface area contributed by atoms with Gasteiger partial charge in [-0.2, -0.15) is 10.3 Å². The molecule has 3 rings (SSSR count). The van der Waals surface area contributed by atoms with Crippen molar-refractivity contribution in [3.63, 3.8) is 0 Å². The third kappa shape index (κ3) is 3.37. The van der Waals surface area contributed by atoms with Gasteiger partial charge in [0.05, 0.1) is 29.0 Å². The van der Waals surface area contributed by atoms with E-state index in [1.165, 1.54) is 11.3 Å². The van der Waals surface area contributed by atoms with E-state index in [9.17, 15) is 4.79 Å². The fourth-order valence-corrected chi connectivity index (χ4v) is 3.48. The van der Waals surface area contributed by atoms with Crippen molar-refractivity contribution in [1.82, 2.24) is 4.57 Å². The average Bonchev–Trinajstić information content (AvgIpc) is 2.98. The Bertz CT molecular complexity index is 1050. The van der Waals surface area contributed by atoms with E-state index in [-0.39, 0.29) is 5.91 Å². The summed E-state index contributed by atoms with van der Waals surface area (Å²) in [4.78, 5) is 17.3. The summed E-state index contributed by atoms with van der Waals surface area (Å²) in [5, 5.41) is 8.84. The maximum atomic E-state index is 12.5. The number of aromatic nitrogens is 1. The van der Waals surface area contributed by atoms with E-state index in [2.05, 4.69) is 11.6 Å². The lowest BCUT2D eigenvalue weighted by Crippen LogP contribution is -2.16. The summed E-state index contributed by atoms with van der Waals surface area (Å²) in [5.41, 5.74) is 1.92. The quantitative estimate of drug-likeness (QED) is 0.677. The van der Waals surface area contributed by atoms with Crippen LogP contribution in [0.4, 0.5) is 0 Å². The van der Waals surface area contributed by atoms with Crippen LogP contribution < -0.4 is 9.54 Å². The molecule has 0 N–H and O–H groups in total. The van der Waals surface area contributed by atoms with Gasteiger partial charge in [0.25, 0.3) is 5.91 Å². The van der Waals surface area contributed by atoms with Crippen LogP contribution in [0, 0.1) is 11.3 Å². The second-order valence-electron chi connectivity index (χ2n) is 5.22. The molecule has 1 aromatic heterocycles. The number of methoxy groups -OCH3 is 1. The molecule has 0 fully saturated rings. The number of allylic oxidation sites excluding steroid dienone is 1. The van der Waals surface area contributed by atoms with E-state index >= 15 is 0 Å². The Morgan fingerprint density at radius 1 is 1.36 bits per heavy atom. The molecule has 0 unspecified atom stereocenters. The zero-order valence-corrected chi connectivity index (χ0v) is 14.4. The van der Waals surface area contributed by atoms with Crippen LogP contribution in [-0.4, -0.2) is 17.6 Å². The van der Waals surface area contributed by atoms with Gasteiger partial charge in [0.2, 0.25) is 0 Å². The Morgan fingerprint density at radius 3 is 2.76 bits per heavy atom. The Hall–Kier alpha value is -3.17. The first-order chi connectivity index (χ1) is 12.2. The molecule has 0 saturated heterocycles. The first kappa shape index (κ1) is 16.7. The zero-order chi connectivity index (χ0) is 17.8. The van der Waals surface area contributed by atoms with Gasteiger partial charge in [-0.05, 0) is 42.5 Å². The zero-order valence-electron chi connectivity index (χ0n) is 13.6. The highest BCUT2D eigenvalue weighted by atomic mass is 32.1. The molecule has 0 saturated carbocycles. The molecule has 25 heavy (non-hydrogen) atoms. The van der Waals surface area contributed by atoms with Crippen molar-refractivity contribution >= 4 is 27.5 Å². The van der Waals surface area contributed by atoms with Gasteiger partial charge < -0.3 is 9.30 Å². The minimum atomic E-state index is -0.346. The molecule has 124 valence electrons. The van der Waals surface area contributed by atoms with Gasteiger partial charge in [-0.3, -0.25) is 4.79 Å². The first-order valence-electron chi connectivity index (χ1n) is 7.53. The van der Waals surface area contributed by atoms with Gasteiger partial charge in [0.15, 0.2) is 4.80 Å². The van der Waals surface area contributed by atoms with Gasteiger partial charge in [0.1, 0.15) is 5.75 Å². The second kappa shape index (κ2) is 7.16. The molecule has 0 atom stereocenters. The van der Waals surface area contributed by atoms with Gasteiger partial charge >= 0.3 is 0 Å². The molecule has 0 aliphatic heterocycles. The van der Waals surface area contributed by atoms with Gasteiger partial charge in [-0.15, -0.1) is 6.58 Å². The monoisotopic (exact) mass is 349 g/mol. The molecule has 6 heteroatoms. The molecule has 0 radical (unpaired) electrons. The number of ether oxygens (including phenoxy) is 1. The number of amides is 1. The van der Waals surface area contributed by atoms with Crippen LogP contribution in [0.5, 0.6) is 5.75 Å². The number of rotatable bonds is 4. The highest BCUT2D eigenvalue weighted by molar-refractivity contribution is 7.16. The molecule has 5 nitrogen and oxygen atoms in total. The van der Waals surface area contributed by atoms with Gasteiger partial charge in [-0.25, -0.2) is 0 Å². The Labute approximate surface area is 148 Å². The first-order valence-corrected chi connectivity index (χ1v) is 8.35. The highest BCUT2D eigenvalue weighted by Crippen LogP contribution is 2.23. The summed E-state index contributed by atoms with van der Waals surface area (Å²) in [6, 6.07) is 14.2. The van der Waals surface area contributed by atoms with Crippen LogP contribution in [0.3, 0.4) is 0 Å². The lowest BCUT2D eigenvalue weighted by Gasteiger charge is -2.02. The second-order valence-corrected chi connectivity index (χ2v) is 6.23. The molecule has 0 bridgehead atoms. The third-order valence-electron chi connectivity index (χ3n) is 3.66. The fraction of sp³-hybridized carbons (Fsp3) is 0.105. The van der Waals surface area contributed by atoms with Crippen molar-refractivity contribution in [2.75, 3.05) is 7.11 Å². The number of hydrogen-bond acceptors (Lipinski definition) is 4. The van der Waals surface area contributed by atoms with Crippen molar-refractivity contribution < 1.29 is 9.53 Å². The lowest BCUT2D eigenvalue weighted by atomic mass is 10.1. The summed E-state index contributed by atoms with van der Waals surface area (Å²) in [5.74, 6) is 0.408. The number of thiazole rings is 1. The summed E-state index contributed by atoms with van der Waals surface area (Å²) in [6.45, 7) is 4.32. The van der Waals surface area contributed by atoms with E-state index in [1.807, 2.05) is 28.8 Å². The number of carbonyl (C=O) groups is 1. The lowest BCUT2D eigenvalue weighted by molar-refractivity contribution is 0.0998. The Kier molecular flexibility index (Phi) is 4.78. The van der Waals surface area contributed by atoms with Crippen molar-refractivity contribution in [2.24, 2.45) is 4.99 Å². The largest absolute Gasteiger partial charge is 0.497 e. The number of hydrogen-bond donors (Lipinski definition) is 0. The molecule has 1 heterocycles. The standard InChI is InChI=1S/C19H15N3O2S/c1-3-10-22-16-9-8-15(24-2)11-17(16)25-19(22)21-18(23)14-6-4-13(12-20)5-7-14/h3-9,11H,1,10H2,2H3. The fourth-order valence-electron chi connectivity index (χ4n) is 2.41. The topological polar surface area (TPSA) is 67.4 Å². The van der Waals surface area contributed by atoms with Crippen LogP contribution in [0.25, 0.3) is 10.2 Å². The average molecular weight is 349 g/mol. The summed E-state index contributed by atoms with van der Waals surface area (Å²) < 4.78 is 8.17. The maximum Gasteiger partial charge on any atom is 0.279 e. The Morgan fingerprint density at radius 2 is 2.12 bits per heavy atom. The number of nitrogens with zero attached hydrogens (tertiary/aromatic N) is 3. The van der Waals surface area contributed by atoms with Crippen LogP contribution in [0.1, 0.15) is 15.9 Å². The minimum Gasteiger partial charge on any atom is -0.497 e. The van der Waals surface area contributed by atoms with Crippen LogP contribution in [0.2, 0.25) is 0 Å². The van der Waals surface area contributed by atoms with Crippen molar-refractivity contribution in [1.29, 1.82) is 5.26 Å². The molecule has 2 aromatic carbocycles. The van der Waals surface area contributed by atoms with E-state index in [1.54, 1.807) is 37.5 Å². The molecule has 3 aromatic rings. The maximum absolute atomic E-state index is 12.5. The number of fused-ring (bicyclic) bond motifs is 1. The summed E-state index contributed by atoms with van der Waals surface area (Å²) in [6.07, 6.45) is 1.77. The molecule has 0 aliphatic carbocycles. The minimum absolute atomic E-state index is 0.346. The number of nitriles is 1.